The Morgan fingerprint density at radius 1 is 1.31 bits per heavy atom. The van der Waals surface area contributed by atoms with Gasteiger partial charge in [0.05, 0.1) is 18.5 Å². The van der Waals surface area contributed by atoms with E-state index < -0.39 is 10.0 Å². The lowest BCUT2D eigenvalue weighted by atomic mass is 10.2. The van der Waals surface area contributed by atoms with Crippen LogP contribution in [0.3, 0.4) is 0 Å². The molecule has 0 aliphatic heterocycles. The van der Waals surface area contributed by atoms with Gasteiger partial charge in [-0.1, -0.05) is 0 Å². The summed E-state index contributed by atoms with van der Waals surface area (Å²) in [5, 5.41) is 0. The van der Waals surface area contributed by atoms with Crippen LogP contribution in [0.4, 0.5) is 0 Å². The maximum atomic E-state index is 11.6. The van der Waals surface area contributed by atoms with Crippen molar-refractivity contribution in [2.75, 3.05) is 18.9 Å². The van der Waals surface area contributed by atoms with Crippen molar-refractivity contribution in [1.82, 2.24) is 4.72 Å². The quantitative estimate of drug-likeness (QED) is 0.624. The van der Waals surface area contributed by atoms with Crippen LogP contribution in [0.5, 0.6) is 0 Å². The monoisotopic (exact) mass is 252 g/mol. The van der Waals surface area contributed by atoms with Gasteiger partial charge in [-0.25, -0.2) is 13.1 Å². The number of nitrogens with one attached hydrogen (secondary N) is 1. The van der Waals surface area contributed by atoms with Crippen LogP contribution < -0.4 is 10.5 Å². The van der Waals surface area contributed by atoms with Crippen LogP contribution in [0.25, 0.3) is 0 Å². The average molecular weight is 252 g/mol. The molecule has 0 aliphatic carbocycles. The van der Waals surface area contributed by atoms with Crippen LogP contribution in [0.15, 0.2) is 0 Å². The Bertz CT molecular complexity index is 265. The summed E-state index contributed by atoms with van der Waals surface area (Å²) >= 11 is 0. The summed E-state index contributed by atoms with van der Waals surface area (Å²) in [6.45, 7) is 6.42. The van der Waals surface area contributed by atoms with Crippen LogP contribution in [-0.2, 0) is 14.8 Å². The van der Waals surface area contributed by atoms with E-state index in [9.17, 15) is 8.42 Å². The highest BCUT2D eigenvalue weighted by atomic mass is 32.2. The van der Waals surface area contributed by atoms with E-state index in [-0.39, 0.29) is 24.5 Å². The molecule has 16 heavy (non-hydrogen) atoms. The Labute approximate surface area is 98.8 Å². The number of sulfonamides is 1. The number of hydrogen-bond acceptors (Lipinski definition) is 4. The molecule has 0 aromatic carbocycles. The van der Waals surface area contributed by atoms with Crippen LogP contribution in [-0.4, -0.2) is 39.5 Å². The van der Waals surface area contributed by atoms with Gasteiger partial charge in [0.2, 0.25) is 10.0 Å². The normalized spacial score (nSPS) is 14.3. The standard InChI is InChI=1S/C10H24N2O3S/c1-9(2)15-7-8-16(13,14)12-10(3)5-4-6-11/h9-10,12H,4-8,11H2,1-3H3. The fourth-order valence-electron chi connectivity index (χ4n) is 1.24. The summed E-state index contributed by atoms with van der Waals surface area (Å²) in [5.41, 5.74) is 5.36. The number of nitrogens with two attached hydrogens (primary N) is 1. The smallest absolute Gasteiger partial charge is 0.214 e. The van der Waals surface area contributed by atoms with E-state index in [1.54, 1.807) is 0 Å². The molecule has 3 N–H and O–H groups in total. The van der Waals surface area contributed by atoms with Crippen LogP contribution in [0.1, 0.15) is 33.6 Å². The lowest BCUT2D eigenvalue weighted by Crippen LogP contribution is -2.36. The zero-order valence-corrected chi connectivity index (χ0v) is 11.2. The molecular weight excluding hydrogens is 228 g/mol. The Kier molecular flexibility index (Phi) is 7.91. The van der Waals surface area contributed by atoms with Gasteiger partial charge < -0.3 is 10.5 Å². The minimum atomic E-state index is -3.22. The van der Waals surface area contributed by atoms with E-state index in [1.807, 2.05) is 20.8 Å². The lowest BCUT2D eigenvalue weighted by Gasteiger charge is -2.14. The molecule has 0 heterocycles. The van der Waals surface area contributed by atoms with E-state index in [0.29, 0.717) is 6.54 Å². The predicted octanol–water partition coefficient (Wildman–Crippen LogP) is 0.458. The zero-order valence-electron chi connectivity index (χ0n) is 10.4. The first-order chi connectivity index (χ1) is 7.37. The Balaban J connectivity index is 3.85. The first-order valence-corrected chi connectivity index (χ1v) is 7.34. The molecule has 5 nitrogen and oxygen atoms in total. The van der Waals surface area contributed by atoms with Crippen molar-refractivity contribution in [2.45, 2.75) is 45.8 Å². The zero-order chi connectivity index (χ0) is 12.6. The summed E-state index contributed by atoms with van der Waals surface area (Å²) in [7, 11) is -3.22. The molecule has 0 saturated carbocycles. The number of hydrogen-bond donors (Lipinski definition) is 2. The molecule has 0 rings (SSSR count). The van der Waals surface area contributed by atoms with Gasteiger partial charge in [-0.15, -0.1) is 0 Å². The minimum absolute atomic E-state index is 0.0120. The van der Waals surface area contributed by atoms with Crippen LogP contribution in [0, 0.1) is 0 Å². The second-order valence-corrected chi connectivity index (χ2v) is 6.06. The Morgan fingerprint density at radius 3 is 2.44 bits per heavy atom. The van der Waals surface area contributed by atoms with E-state index in [4.69, 9.17) is 10.5 Å². The third kappa shape index (κ3) is 9.08. The molecule has 1 unspecified atom stereocenters. The third-order valence-corrected chi connectivity index (χ3v) is 3.49. The van der Waals surface area contributed by atoms with Crippen LogP contribution >= 0.6 is 0 Å². The second-order valence-electron chi connectivity index (χ2n) is 4.19. The van der Waals surface area contributed by atoms with Crippen molar-refractivity contribution >= 4 is 10.0 Å². The molecule has 6 heteroatoms. The molecule has 0 bridgehead atoms. The van der Waals surface area contributed by atoms with E-state index >= 15 is 0 Å². The summed E-state index contributed by atoms with van der Waals surface area (Å²) in [6.07, 6.45) is 1.65. The minimum Gasteiger partial charge on any atom is -0.378 e. The molecule has 0 aromatic heterocycles. The van der Waals surface area contributed by atoms with Gasteiger partial charge >= 0.3 is 0 Å². The van der Waals surface area contributed by atoms with Gasteiger partial charge in [0.1, 0.15) is 0 Å². The van der Waals surface area contributed by atoms with Gasteiger partial charge in [0.25, 0.3) is 0 Å². The van der Waals surface area contributed by atoms with Crippen molar-refractivity contribution in [3.8, 4) is 0 Å². The second kappa shape index (κ2) is 8.00. The first kappa shape index (κ1) is 15.8. The summed E-state index contributed by atoms with van der Waals surface area (Å²) in [6, 6.07) is -0.0624. The number of rotatable bonds is 9. The molecule has 0 radical (unpaired) electrons. The fourth-order valence-corrected chi connectivity index (χ4v) is 2.41. The topological polar surface area (TPSA) is 81.4 Å². The van der Waals surface area contributed by atoms with Crippen molar-refractivity contribution in [2.24, 2.45) is 5.73 Å². The Morgan fingerprint density at radius 2 is 1.94 bits per heavy atom. The van der Waals surface area contributed by atoms with Crippen molar-refractivity contribution < 1.29 is 13.2 Å². The van der Waals surface area contributed by atoms with Gasteiger partial charge in [-0.05, 0) is 40.2 Å². The summed E-state index contributed by atoms with van der Waals surface area (Å²) in [5.74, 6) is 0.0120. The van der Waals surface area contributed by atoms with Crippen molar-refractivity contribution in [3.63, 3.8) is 0 Å². The van der Waals surface area contributed by atoms with E-state index in [1.165, 1.54) is 0 Å². The largest absolute Gasteiger partial charge is 0.378 e. The van der Waals surface area contributed by atoms with Crippen molar-refractivity contribution in [3.05, 3.63) is 0 Å². The molecule has 0 spiro atoms. The fraction of sp³-hybridized carbons (Fsp3) is 1.00. The molecular formula is C10H24N2O3S. The molecule has 0 amide bonds. The van der Waals surface area contributed by atoms with Crippen molar-refractivity contribution in [1.29, 1.82) is 0 Å². The molecule has 0 aliphatic rings. The highest BCUT2D eigenvalue weighted by molar-refractivity contribution is 7.89. The molecule has 1 atom stereocenters. The lowest BCUT2D eigenvalue weighted by molar-refractivity contribution is 0.0911. The summed E-state index contributed by atoms with van der Waals surface area (Å²) < 4.78 is 30.9. The van der Waals surface area contributed by atoms with Crippen LogP contribution in [0.2, 0.25) is 0 Å². The summed E-state index contributed by atoms with van der Waals surface area (Å²) in [4.78, 5) is 0. The average Bonchev–Trinajstić information content (AvgIpc) is 2.12. The molecule has 98 valence electrons. The predicted molar refractivity (Wildman–Crippen MR) is 65.8 cm³/mol. The third-order valence-electron chi connectivity index (χ3n) is 2.03. The highest BCUT2D eigenvalue weighted by Gasteiger charge is 2.14. The van der Waals surface area contributed by atoms with Gasteiger partial charge in [-0.3, -0.25) is 0 Å². The van der Waals surface area contributed by atoms with E-state index in [2.05, 4.69) is 4.72 Å². The van der Waals surface area contributed by atoms with Gasteiger partial charge in [0, 0.05) is 6.04 Å². The molecule has 0 aromatic rings. The molecule has 0 saturated heterocycles. The SMILES string of the molecule is CC(CCCN)NS(=O)(=O)CCOC(C)C. The maximum Gasteiger partial charge on any atom is 0.214 e. The van der Waals surface area contributed by atoms with E-state index in [0.717, 1.165) is 12.8 Å². The van der Waals surface area contributed by atoms with Gasteiger partial charge in [0.15, 0.2) is 0 Å². The first-order valence-electron chi connectivity index (χ1n) is 5.69. The Hall–Kier alpha value is -0.170. The number of ether oxygens (including phenoxy) is 1. The highest BCUT2D eigenvalue weighted by Crippen LogP contribution is 1.98. The van der Waals surface area contributed by atoms with Gasteiger partial charge in [-0.2, -0.15) is 0 Å². The maximum absolute atomic E-state index is 11.6. The molecule has 0 fully saturated rings.